The second kappa shape index (κ2) is 4.96. The summed E-state index contributed by atoms with van der Waals surface area (Å²) in [5.41, 5.74) is 5.14. The topological polar surface area (TPSA) is 43.1 Å². The van der Waals surface area contributed by atoms with Crippen molar-refractivity contribution in [3.05, 3.63) is 35.4 Å². The molecule has 2 nitrogen and oxygen atoms in total. The highest BCUT2D eigenvalue weighted by atomic mass is 19.4. The second-order valence-electron chi connectivity index (χ2n) is 5.23. The molecule has 104 valence electrons. The van der Waals surface area contributed by atoms with Crippen molar-refractivity contribution in [1.82, 2.24) is 0 Å². The summed E-state index contributed by atoms with van der Waals surface area (Å²) in [6.45, 7) is 0.458. The summed E-state index contributed by atoms with van der Waals surface area (Å²) in [6, 6.07) is 4.38. The molecule has 0 heterocycles. The average Bonchev–Trinajstić information content (AvgIpc) is 2.32. The first-order valence-corrected chi connectivity index (χ1v) is 6.27. The van der Waals surface area contributed by atoms with Crippen molar-refractivity contribution in [3.8, 4) is 0 Å². The minimum Gasteiger partial charge on any atom is -0.330 e. The van der Waals surface area contributed by atoms with Gasteiger partial charge in [0.2, 0.25) is 0 Å². The van der Waals surface area contributed by atoms with Crippen molar-refractivity contribution in [3.63, 3.8) is 0 Å². The first-order chi connectivity index (χ1) is 8.86. The summed E-state index contributed by atoms with van der Waals surface area (Å²) >= 11 is 0. The van der Waals surface area contributed by atoms with Crippen LogP contribution in [-0.2, 0) is 6.18 Å². The first kappa shape index (κ1) is 14.1. The van der Waals surface area contributed by atoms with Crippen molar-refractivity contribution >= 4 is 5.78 Å². The molecule has 0 saturated heterocycles. The summed E-state index contributed by atoms with van der Waals surface area (Å²) in [6.07, 6.45) is -1.12. The second-order valence-corrected chi connectivity index (χ2v) is 5.23. The minimum atomic E-state index is -4.37. The van der Waals surface area contributed by atoms with Gasteiger partial charge in [-0.05, 0) is 36.9 Å². The molecule has 1 aromatic carbocycles. The summed E-state index contributed by atoms with van der Waals surface area (Å²) < 4.78 is 37.2. The Bertz CT molecular complexity index is 455. The number of benzene rings is 1. The molecule has 0 spiro atoms. The molecule has 19 heavy (non-hydrogen) atoms. The van der Waals surface area contributed by atoms with Gasteiger partial charge in [-0.3, -0.25) is 4.79 Å². The molecule has 5 heteroatoms. The molecule has 1 aliphatic rings. The molecule has 2 rings (SSSR count). The zero-order valence-corrected chi connectivity index (χ0v) is 10.5. The smallest absolute Gasteiger partial charge is 0.330 e. The summed E-state index contributed by atoms with van der Waals surface area (Å²) in [5, 5.41) is 0. The SMILES string of the molecule is NCC1(CC(=O)c2ccc(C(F)(F)F)cc2)CCC1. The maximum Gasteiger partial charge on any atom is 0.416 e. The highest BCUT2D eigenvalue weighted by Crippen LogP contribution is 2.43. The normalized spacial score (nSPS) is 17.9. The predicted molar refractivity (Wildman–Crippen MR) is 65.7 cm³/mol. The zero-order valence-electron chi connectivity index (χ0n) is 10.5. The Kier molecular flexibility index (Phi) is 3.67. The first-order valence-electron chi connectivity index (χ1n) is 6.27. The lowest BCUT2D eigenvalue weighted by Crippen LogP contribution is -2.39. The number of alkyl halides is 3. The van der Waals surface area contributed by atoms with E-state index in [9.17, 15) is 18.0 Å². The fourth-order valence-electron chi connectivity index (χ4n) is 2.42. The Morgan fingerprint density at radius 3 is 2.16 bits per heavy atom. The number of halogens is 3. The number of carbonyl (C=O) groups excluding carboxylic acids is 1. The molecule has 0 aliphatic heterocycles. The van der Waals surface area contributed by atoms with Crippen molar-refractivity contribution in [2.24, 2.45) is 11.1 Å². The van der Waals surface area contributed by atoms with Crippen LogP contribution in [0.1, 0.15) is 41.6 Å². The third kappa shape index (κ3) is 2.97. The van der Waals surface area contributed by atoms with E-state index in [1.807, 2.05) is 0 Å². The van der Waals surface area contributed by atoms with E-state index < -0.39 is 11.7 Å². The van der Waals surface area contributed by atoms with Gasteiger partial charge in [-0.1, -0.05) is 18.6 Å². The Hall–Kier alpha value is -1.36. The summed E-state index contributed by atoms with van der Waals surface area (Å²) in [7, 11) is 0. The molecule has 1 saturated carbocycles. The minimum absolute atomic E-state index is 0.125. The lowest BCUT2D eigenvalue weighted by atomic mass is 9.65. The van der Waals surface area contributed by atoms with Crippen LogP contribution >= 0.6 is 0 Å². The van der Waals surface area contributed by atoms with Crippen LogP contribution in [0.2, 0.25) is 0 Å². The molecule has 0 unspecified atom stereocenters. The standard InChI is InChI=1S/C14H16F3NO/c15-14(16,17)11-4-2-10(3-5-11)12(19)8-13(9-18)6-1-7-13/h2-5H,1,6-9,18H2. The van der Waals surface area contributed by atoms with Crippen LogP contribution in [0.15, 0.2) is 24.3 Å². The quantitative estimate of drug-likeness (QED) is 0.853. The molecule has 2 N–H and O–H groups in total. The van der Waals surface area contributed by atoms with Crippen LogP contribution in [0.5, 0.6) is 0 Å². The van der Waals surface area contributed by atoms with Gasteiger partial charge in [-0.25, -0.2) is 0 Å². The maximum absolute atomic E-state index is 12.4. The Labute approximate surface area is 109 Å². The van der Waals surface area contributed by atoms with Gasteiger partial charge >= 0.3 is 6.18 Å². The van der Waals surface area contributed by atoms with Crippen molar-refractivity contribution in [2.75, 3.05) is 6.54 Å². The molecule has 1 aliphatic carbocycles. The van der Waals surface area contributed by atoms with Crippen LogP contribution in [0.3, 0.4) is 0 Å². The zero-order chi connectivity index (χ0) is 14.1. The van der Waals surface area contributed by atoms with E-state index in [1.165, 1.54) is 12.1 Å². The number of hydrogen-bond acceptors (Lipinski definition) is 2. The van der Waals surface area contributed by atoms with Gasteiger partial charge in [0.1, 0.15) is 0 Å². The van der Waals surface area contributed by atoms with Crippen LogP contribution in [0, 0.1) is 5.41 Å². The van der Waals surface area contributed by atoms with Gasteiger partial charge < -0.3 is 5.73 Å². The van der Waals surface area contributed by atoms with E-state index >= 15 is 0 Å². The molecule has 0 aromatic heterocycles. The molecule has 0 amide bonds. The Morgan fingerprint density at radius 2 is 1.79 bits per heavy atom. The molecule has 0 bridgehead atoms. The summed E-state index contributed by atoms with van der Waals surface area (Å²) in [5.74, 6) is -0.126. The Morgan fingerprint density at radius 1 is 1.21 bits per heavy atom. The van der Waals surface area contributed by atoms with E-state index in [-0.39, 0.29) is 11.2 Å². The van der Waals surface area contributed by atoms with Gasteiger partial charge in [-0.2, -0.15) is 13.2 Å². The fraction of sp³-hybridized carbons (Fsp3) is 0.500. The lowest BCUT2D eigenvalue weighted by molar-refractivity contribution is -0.137. The van der Waals surface area contributed by atoms with Gasteiger partial charge in [0, 0.05) is 12.0 Å². The third-order valence-corrected chi connectivity index (χ3v) is 3.92. The number of nitrogens with two attached hydrogens (primary N) is 1. The largest absolute Gasteiger partial charge is 0.416 e. The van der Waals surface area contributed by atoms with Crippen LogP contribution in [-0.4, -0.2) is 12.3 Å². The van der Waals surface area contributed by atoms with Crippen LogP contribution in [0.25, 0.3) is 0 Å². The van der Waals surface area contributed by atoms with E-state index in [2.05, 4.69) is 0 Å². The third-order valence-electron chi connectivity index (χ3n) is 3.92. The number of rotatable bonds is 4. The lowest BCUT2D eigenvalue weighted by Gasteiger charge is -2.40. The number of carbonyl (C=O) groups is 1. The van der Waals surface area contributed by atoms with Gasteiger partial charge in [0.15, 0.2) is 5.78 Å². The fourth-order valence-corrected chi connectivity index (χ4v) is 2.42. The van der Waals surface area contributed by atoms with Crippen LogP contribution < -0.4 is 5.73 Å². The van der Waals surface area contributed by atoms with Gasteiger partial charge in [0.25, 0.3) is 0 Å². The molecule has 0 radical (unpaired) electrons. The monoisotopic (exact) mass is 271 g/mol. The van der Waals surface area contributed by atoms with Crippen molar-refractivity contribution in [1.29, 1.82) is 0 Å². The van der Waals surface area contributed by atoms with E-state index in [1.54, 1.807) is 0 Å². The molecular weight excluding hydrogens is 255 g/mol. The van der Waals surface area contributed by atoms with E-state index in [4.69, 9.17) is 5.73 Å². The van der Waals surface area contributed by atoms with Gasteiger partial charge in [0.05, 0.1) is 5.56 Å². The van der Waals surface area contributed by atoms with E-state index in [0.717, 1.165) is 31.4 Å². The van der Waals surface area contributed by atoms with E-state index in [0.29, 0.717) is 18.5 Å². The molecule has 0 atom stereocenters. The van der Waals surface area contributed by atoms with Gasteiger partial charge in [-0.15, -0.1) is 0 Å². The summed E-state index contributed by atoms with van der Waals surface area (Å²) in [4.78, 5) is 12.0. The number of Topliss-reactive ketones (excluding diaryl/α,β-unsaturated/α-hetero) is 1. The number of ketones is 1. The Balaban J connectivity index is 2.08. The molecule has 1 aromatic rings. The number of hydrogen-bond donors (Lipinski definition) is 1. The van der Waals surface area contributed by atoms with Crippen molar-refractivity contribution < 1.29 is 18.0 Å². The average molecular weight is 271 g/mol. The highest BCUT2D eigenvalue weighted by Gasteiger charge is 2.37. The maximum atomic E-state index is 12.4. The molecular formula is C14H16F3NO. The van der Waals surface area contributed by atoms with Crippen molar-refractivity contribution in [2.45, 2.75) is 31.9 Å². The molecule has 1 fully saturated rings. The predicted octanol–water partition coefficient (Wildman–Crippen LogP) is 3.41. The van der Waals surface area contributed by atoms with Crippen LogP contribution in [0.4, 0.5) is 13.2 Å². The highest BCUT2D eigenvalue weighted by molar-refractivity contribution is 5.96.